The molecule has 0 radical (unpaired) electrons. The summed E-state index contributed by atoms with van der Waals surface area (Å²) in [6.07, 6.45) is -1.19. The fraction of sp³-hybridized carbons (Fsp3) is 0.900. The Morgan fingerprint density at radius 1 is 1.44 bits per heavy atom. The van der Waals surface area contributed by atoms with Crippen LogP contribution in [0.15, 0.2) is 0 Å². The van der Waals surface area contributed by atoms with Crippen LogP contribution in [0.4, 0.5) is 13.2 Å². The zero-order chi connectivity index (χ0) is 12.2. The van der Waals surface area contributed by atoms with Gasteiger partial charge >= 0.3 is 6.18 Å². The molecule has 1 rings (SSSR count). The number of halogens is 3. The molecular weight excluding hydrogens is 221 g/mol. The normalized spacial score (nSPS) is 23.1. The summed E-state index contributed by atoms with van der Waals surface area (Å²) in [6, 6.07) is 0.283. The Morgan fingerprint density at radius 2 is 2.12 bits per heavy atom. The van der Waals surface area contributed by atoms with E-state index in [-0.39, 0.29) is 12.6 Å². The van der Waals surface area contributed by atoms with Crippen molar-refractivity contribution < 1.29 is 18.0 Å². The van der Waals surface area contributed by atoms with Gasteiger partial charge < -0.3 is 5.32 Å². The number of amides is 1. The number of carbonyl (C=O) groups excluding carboxylic acids is 1. The number of hydrogen-bond donors (Lipinski definition) is 1. The van der Waals surface area contributed by atoms with Gasteiger partial charge in [0.05, 0.1) is 6.54 Å². The van der Waals surface area contributed by atoms with Gasteiger partial charge in [0.1, 0.15) is 6.54 Å². The second kappa shape index (κ2) is 5.52. The monoisotopic (exact) mass is 238 g/mol. The third kappa shape index (κ3) is 4.83. The molecule has 6 heteroatoms. The molecule has 0 aliphatic carbocycles. The van der Waals surface area contributed by atoms with Gasteiger partial charge in [0.25, 0.3) is 0 Å². The standard InChI is InChI=1S/C10H17F3N2O/c1-8-4-2-3-5-15(8)6-9(16)14-7-10(11,12)13/h8H,2-7H2,1H3,(H,14,16). The molecule has 1 amide bonds. The summed E-state index contributed by atoms with van der Waals surface area (Å²) in [5, 5.41) is 1.88. The lowest BCUT2D eigenvalue weighted by Gasteiger charge is -2.32. The van der Waals surface area contributed by atoms with E-state index in [0.717, 1.165) is 25.8 Å². The van der Waals surface area contributed by atoms with Crippen molar-refractivity contribution in [2.24, 2.45) is 0 Å². The molecule has 0 aromatic carbocycles. The van der Waals surface area contributed by atoms with Crippen molar-refractivity contribution in [3.05, 3.63) is 0 Å². The lowest BCUT2D eigenvalue weighted by atomic mass is 10.0. The Kier molecular flexibility index (Phi) is 4.58. The lowest BCUT2D eigenvalue weighted by Crippen LogP contribution is -2.45. The molecule has 0 saturated carbocycles. The van der Waals surface area contributed by atoms with Crippen molar-refractivity contribution in [3.63, 3.8) is 0 Å². The SMILES string of the molecule is CC1CCCCN1CC(=O)NCC(F)(F)F. The summed E-state index contributed by atoms with van der Waals surface area (Å²) in [5.74, 6) is -0.550. The molecule has 0 aromatic heterocycles. The van der Waals surface area contributed by atoms with Gasteiger partial charge in [0, 0.05) is 6.04 Å². The largest absolute Gasteiger partial charge is 0.405 e. The Morgan fingerprint density at radius 3 is 2.69 bits per heavy atom. The van der Waals surface area contributed by atoms with Gasteiger partial charge in [0.2, 0.25) is 5.91 Å². The summed E-state index contributed by atoms with van der Waals surface area (Å²) in [5.41, 5.74) is 0. The van der Waals surface area contributed by atoms with E-state index in [1.807, 2.05) is 17.1 Å². The summed E-state index contributed by atoms with van der Waals surface area (Å²) in [7, 11) is 0. The molecule has 16 heavy (non-hydrogen) atoms. The maximum atomic E-state index is 11.8. The number of rotatable bonds is 3. The third-order valence-corrected chi connectivity index (χ3v) is 2.77. The first kappa shape index (κ1) is 13.3. The molecule has 3 nitrogen and oxygen atoms in total. The predicted octanol–water partition coefficient (Wildman–Crippen LogP) is 1.54. The van der Waals surface area contributed by atoms with Crippen LogP contribution in [0.25, 0.3) is 0 Å². The minimum Gasteiger partial charge on any atom is -0.346 e. The van der Waals surface area contributed by atoms with Crippen molar-refractivity contribution in [3.8, 4) is 0 Å². The predicted molar refractivity (Wildman–Crippen MR) is 54.0 cm³/mol. The van der Waals surface area contributed by atoms with E-state index >= 15 is 0 Å². The van der Waals surface area contributed by atoms with Crippen LogP contribution >= 0.6 is 0 Å². The molecule has 1 fully saturated rings. The zero-order valence-electron chi connectivity index (χ0n) is 9.31. The first-order chi connectivity index (χ1) is 7.38. The molecule has 1 unspecified atom stereocenters. The fourth-order valence-electron chi connectivity index (χ4n) is 1.83. The van der Waals surface area contributed by atoms with Gasteiger partial charge in [-0.15, -0.1) is 0 Å². The Balaban J connectivity index is 2.28. The van der Waals surface area contributed by atoms with Gasteiger partial charge in [-0.1, -0.05) is 6.42 Å². The number of piperidine rings is 1. The summed E-state index contributed by atoms with van der Waals surface area (Å²) < 4.78 is 35.5. The molecular formula is C10H17F3N2O. The highest BCUT2D eigenvalue weighted by Crippen LogP contribution is 2.16. The highest BCUT2D eigenvalue weighted by molar-refractivity contribution is 5.78. The second-order valence-corrected chi connectivity index (χ2v) is 4.21. The van der Waals surface area contributed by atoms with Crippen LogP contribution < -0.4 is 5.32 Å². The average molecular weight is 238 g/mol. The van der Waals surface area contributed by atoms with Gasteiger partial charge in [0.15, 0.2) is 0 Å². The highest BCUT2D eigenvalue weighted by atomic mass is 19.4. The molecule has 1 saturated heterocycles. The van der Waals surface area contributed by atoms with Crippen LogP contribution in [0.5, 0.6) is 0 Å². The van der Waals surface area contributed by atoms with Gasteiger partial charge in [-0.2, -0.15) is 13.2 Å². The number of alkyl halides is 3. The first-order valence-corrected chi connectivity index (χ1v) is 5.46. The van der Waals surface area contributed by atoms with Crippen molar-refractivity contribution >= 4 is 5.91 Å². The van der Waals surface area contributed by atoms with Crippen molar-refractivity contribution in [2.45, 2.75) is 38.4 Å². The molecule has 1 atom stereocenters. The molecule has 1 aliphatic rings. The molecule has 1 N–H and O–H groups in total. The number of nitrogens with zero attached hydrogens (tertiary/aromatic N) is 1. The van der Waals surface area contributed by atoms with E-state index in [9.17, 15) is 18.0 Å². The maximum Gasteiger partial charge on any atom is 0.405 e. The summed E-state index contributed by atoms with van der Waals surface area (Å²) in [4.78, 5) is 13.2. The molecule has 0 aromatic rings. The molecule has 94 valence electrons. The third-order valence-electron chi connectivity index (χ3n) is 2.77. The van der Waals surface area contributed by atoms with E-state index in [4.69, 9.17) is 0 Å². The fourth-order valence-corrected chi connectivity index (χ4v) is 1.83. The van der Waals surface area contributed by atoms with E-state index in [2.05, 4.69) is 0 Å². The molecule has 0 spiro atoms. The first-order valence-electron chi connectivity index (χ1n) is 5.46. The highest BCUT2D eigenvalue weighted by Gasteiger charge is 2.28. The average Bonchev–Trinajstić information content (AvgIpc) is 2.18. The van der Waals surface area contributed by atoms with Crippen molar-refractivity contribution in [2.75, 3.05) is 19.6 Å². The Labute approximate surface area is 93.0 Å². The van der Waals surface area contributed by atoms with E-state index in [0.29, 0.717) is 0 Å². The number of nitrogens with one attached hydrogen (secondary N) is 1. The Hall–Kier alpha value is -0.780. The van der Waals surface area contributed by atoms with Gasteiger partial charge in [-0.05, 0) is 26.3 Å². The molecule has 1 heterocycles. The van der Waals surface area contributed by atoms with Crippen LogP contribution in [0.3, 0.4) is 0 Å². The van der Waals surface area contributed by atoms with Crippen molar-refractivity contribution in [1.29, 1.82) is 0 Å². The lowest BCUT2D eigenvalue weighted by molar-refractivity contribution is -0.139. The van der Waals surface area contributed by atoms with Crippen LogP contribution in [0, 0.1) is 0 Å². The summed E-state index contributed by atoms with van der Waals surface area (Å²) in [6.45, 7) is 1.61. The minimum atomic E-state index is -4.33. The zero-order valence-corrected chi connectivity index (χ0v) is 9.31. The van der Waals surface area contributed by atoms with Crippen LogP contribution in [-0.2, 0) is 4.79 Å². The van der Waals surface area contributed by atoms with E-state index in [1.54, 1.807) is 0 Å². The van der Waals surface area contributed by atoms with Gasteiger partial charge in [-0.25, -0.2) is 0 Å². The maximum absolute atomic E-state index is 11.8. The Bertz CT molecular complexity index is 243. The van der Waals surface area contributed by atoms with Crippen LogP contribution in [-0.4, -0.2) is 42.7 Å². The van der Waals surface area contributed by atoms with E-state index < -0.39 is 18.6 Å². The second-order valence-electron chi connectivity index (χ2n) is 4.21. The van der Waals surface area contributed by atoms with E-state index in [1.165, 1.54) is 0 Å². The minimum absolute atomic E-state index is 0.0667. The molecule has 1 aliphatic heterocycles. The topological polar surface area (TPSA) is 32.3 Å². The van der Waals surface area contributed by atoms with Crippen LogP contribution in [0.1, 0.15) is 26.2 Å². The summed E-state index contributed by atoms with van der Waals surface area (Å²) >= 11 is 0. The number of hydrogen-bond acceptors (Lipinski definition) is 2. The quantitative estimate of drug-likeness (QED) is 0.809. The van der Waals surface area contributed by atoms with Crippen molar-refractivity contribution in [1.82, 2.24) is 10.2 Å². The molecule has 0 bridgehead atoms. The smallest absolute Gasteiger partial charge is 0.346 e. The van der Waals surface area contributed by atoms with Gasteiger partial charge in [-0.3, -0.25) is 9.69 Å². The number of carbonyl (C=O) groups is 1. The number of likely N-dealkylation sites (tertiary alicyclic amines) is 1. The van der Waals surface area contributed by atoms with Crippen LogP contribution in [0.2, 0.25) is 0 Å².